The van der Waals surface area contributed by atoms with Gasteiger partial charge in [0.05, 0.1) is 0 Å². The average molecular weight is 152 g/mol. The molecule has 0 spiro atoms. The van der Waals surface area contributed by atoms with Crippen molar-refractivity contribution in [1.82, 2.24) is 0 Å². The summed E-state index contributed by atoms with van der Waals surface area (Å²) in [6, 6.07) is 0. The third-order valence-corrected chi connectivity index (χ3v) is 2.23. The van der Waals surface area contributed by atoms with Gasteiger partial charge >= 0.3 is 0 Å². The molecule has 0 saturated heterocycles. The number of rotatable bonds is 4. The van der Waals surface area contributed by atoms with Crippen molar-refractivity contribution in [2.24, 2.45) is 5.92 Å². The summed E-state index contributed by atoms with van der Waals surface area (Å²) in [5.41, 5.74) is 2.99. The van der Waals surface area contributed by atoms with E-state index in [0.717, 1.165) is 0 Å². The molecule has 0 aromatic heterocycles. The first kappa shape index (κ1) is 10.5. The summed E-state index contributed by atoms with van der Waals surface area (Å²) < 4.78 is 0. The Morgan fingerprint density at radius 3 is 2.27 bits per heavy atom. The monoisotopic (exact) mass is 152 g/mol. The molecular formula is C11H20. The predicted molar refractivity (Wildman–Crippen MR) is 52.6 cm³/mol. The molecule has 1 unspecified atom stereocenters. The molecule has 0 amide bonds. The standard InChI is InChI=1S/C11H20/c1-6-10(4)7-8-11(5)9(2)3/h6,10H,1,7-8H2,2-5H3. The molecule has 0 nitrogen and oxygen atoms in total. The molecule has 11 heavy (non-hydrogen) atoms. The number of allylic oxidation sites excluding steroid dienone is 3. The largest absolute Gasteiger partial charge is 0.103 e. The molecule has 64 valence electrons. The van der Waals surface area contributed by atoms with Crippen LogP contribution < -0.4 is 0 Å². The van der Waals surface area contributed by atoms with E-state index in [1.807, 2.05) is 6.08 Å². The van der Waals surface area contributed by atoms with Crippen molar-refractivity contribution in [2.75, 3.05) is 0 Å². The normalized spacial score (nSPS) is 12.4. The Bertz CT molecular complexity index is 147. The Labute approximate surface area is 71.0 Å². The van der Waals surface area contributed by atoms with Gasteiger partial charge in [-0.05, 0) is 39.5 Å². The van der Waals surface area contributed by atoms with Crippen molar-refractivity contribution < 1.29 is 0 Å². The van der Waals surface area contributed by atoms with Crippen molar-refractivity contribution in [3.05, 3.63) is 23.8 Å². The van der Waals surface area contributed by atoms with Crippen molar-refractivity contribution in [3.63, 3.8) is 0 Å². The third-order valence-electron chi connectivity index (χ3n) is 2.23. The average Bonchev–Trinajstić information content (AvgIpc) is 1.99. The molecule has 0 N–H and O–H groups in total. The summed E-state index contributed by atoms with van der Waals surface area (Å²) in [5.74, 6) is 0.657. The molecule has 0 aliphatic carbocycles. The van der Waals surface area contributed by atoms with E-state index in [1.165, 1.54) is 24.0 Å². The van der Waals surface area contributed by atoms with Crippen LogP contribution >= 0.6 is 0 Å². The summed E-state index contributed by atoms with van der Waals surface area (Å²) in [7, 11) is 0. The van der Waals surface area contributed by atoms with Gasteiger partial charge in [0, 0.05) is 0 Å². The predicted octanol–water partition coefficient (Wildman–Crippen LogP) is 3.95. The Balaban J connectivity index is 3.71. The van der Waals surface area contributed by atoms with E-state index in [2.05, 4.69) is 34.3 Å². The number of hydrogen-bond donors (Lipinski definition) is 0. The first-order chi connectivity index (χ1) is 5.07. The molecular weight excluding hydrogens is 132 g/mol. The minimum absolute atomic E-state index is 0.657. The zero-order valence-corrected chi connectivity index (χ0v) is 8.28. The van der Waals surface area contributed by atoms with Crippen LogP contribution in [0.3, 0.4) is 0 Å². The lowest BCUT2D eigenvalue weighted by Gasteiger charge is -2.06. The van der Waals surface area contributed by atoms with Crippen LogP contribution in [0, 0.1) is 5.92 Å². The van der Waals surface area contributed by atoms with Crippen LogP contribution in [0.25, 0.3) is 0 Å². The second kappa shape index (κ2) is 5.17. The van der Waals surface area contributed by atoms with Gasteiger partial charge in [0.25, 0.3) is 0 Å². The molecule has 0 aliphatic rings. The van der Waals surface area contributed by atoms with Crippen LogP contribution in [0.15, 0.2) is 23.8 Å². The lowest BCUT2D eigenvalue weighted by atomic mass is 10.00. The highest BCUT2D eigenvalue weighted by atomic mass is 14.0. The Morgan fingerprint density at radius 1 is 1.36 bits per heavy atom. The Morgan fingerprint density at radius 2 is 1.91 bits per heavy atom. The molecule has 0 heterocycles. The fourth-order valence-electron chi connectivity index (χ4n) is 0.812. The van der Waals surface area contributed by atoms with Crippen molar-refractivity contribution in [3.8, 4) is 0 Å². The van der Waals surface area contributed by atoms with E-state index in [9.17, 15) is 0 Å². The molecule has 0 aromatic carbocycles. The van der Waals surface area contributed by atoms with Gasteiger partial charge in [0.2, 0.25) is 0 Å². The molecule has 0 aliphatic heterocycles. The van der Waals surface area contributed by atoms with Gasteiger partial charge in [-0.15, -0.1) is 6.58 Å². The molecule has 0 radical (unpaired) electrons. The van der Waals surface area contributed by atoms with E-state index in [1.54, 1.807) is 0 Å². The molecule has 0 rings (SSSR count). The van der Waals surface area contributed by atoms with Crippen molar-refractivity contribution >= 4 is 0 Å². The van der Waals surface area contributed by atoms with Gasteiger partial charge in [-0.25, -0.2) is 0 Å². The molecule has 0 saturated carbocycles. The summed E-state index contributed by atoms with van der Waals surface area (Å²) in [6.45, 7) is 12.5. The second-order valence-electron chi connectivity index (χ2n) is 3.53. The van der Waals surface area contributed by atoms with Gasteiger partial charge in [0.15, 0.2) is 0 Å². The van der Waals surface area contributed by atoms with Gasteiger partial charge in [0.1, 0.15) is 0 Å². The Kier molecular flexibility index (Phi) is 4.93. The van der Waals surface area contributed by atoms with Crippen molar-refractivity contribution in [2.45, 2.75) is 40.5 Å². The van der Waals surface area contributed by atoms with Crippen LogP contribution in [-0.2, 0) is 0 Å². The van der Waals surface area contributed by atoms with Gasteiger partial charge < -0.3 is 0 Å². The van der Waals surface area contributed by atoms with E-state index in [-0.39, 0.29) is 0 Å². The minimum atomic E-state index is 0.657. The highest BCUT2D eigenvalue weighted by Gasteiger charge is 1.97. The molecule has 0 heteroatoms. The lowest BCUT2D eigenvalue weighted by Crippen LogP contribution is -1.90. The lowest BCUT2D eigenvalue weighted by molar-refractivity contribution is 0.643. The molecule has 0 aromatic rings. The fraction of sp³-hybridized carbons (Fsp3) is 0.636. The maximum Gasteiger partial charge on any atom is -0.0262 e. The van der Waals surface area contributed by atoms with E-state index < -0.39 is 0 Å². The first-order valence-corrected chi connectivity index (χ1v) is 4.33. The maximum absolute atomic E-state index is 3.77. The zero-order chi connectivity index (χ0) is 8.85. The van der Waals surface area contributed by atoms with Gasteiger partial charge in [-0.3, -0.25) is 0 Å². The van der Waals surface area contributed by atoms with E-state index in [0.29, 0.717) is 5.92 Å². The molecule has 0 fully saturated rings. The van der Waals surface area contributed by atoms with Crippen LogP contribution in [0.2, 0.25) is 0 Å². The summed E-state index contributed by atoms with van der Waals surface area (Å²) in [6.07, 6.45) is 4.48. The van der Waals surface area contributed by atoms with Gasteiger partial charge in [-0.2, -0.15) is 0 Å². The SMILES string of the molecule is C=CC(C)CCC(C)=C(C)C. The third kappa shape index (κ3) is 4.83. The van der Waals surface area contributed by atoms with Gasteiger partial charge in [-0.1, -0.05) is 24.1 Å². The fourth-order valence-corrected chi connectivity index (χ4v) is 0.812. The highest BCUT2D eigenvalue weighted by Crippen LogP contribution is 2.14. The topological polar surface area (TPSA) is 0 Å². The van der Waals surface area contributed by atoms with Crippen LogP contribution in [-0.4, -0.2) is 0 Å². The second-order valence-corrected chi connectivity index (χ2v) is 3.53. The van der Waals surface area contributed by atoms with E-state index in [4.69, 9.17) is 0 Å². The minimum Gasteiger partial charge on any atom is -0.103 e. The summed E-state index contributed by atoms with van der Waals surface area (Å²) in [5, 5.41) is 0. The summed E-state index contributed by atoms with van der Waals surface area (Å²) in [4.78, 5) is 0. The highest BCUT2D eigenvalue weighted by molar-refractivity contribution is 5.06. The zero-order valence-electron chi connectivity index (χ0n) is 8.28. The van der Waals surface area contributed by atoms with E-state index >= 15 is 0 Å². The van der Waals surface area contributed by atoms with Crippen LogP contribution in [0.1, 0.15) is 40.5 Å². The van der Waals surface area contributed by atoms with Crippen molar-refractivity contribution in [1.29, 1.82) is 0 Å². The first-order valence-electron chi connectivity index (χ1n) is 4.33. The quantitative estimate of drug-likeness (QED) is 0.535. The van der Waals surface area contributed by atoms with Crippen LogP contribution in [0.5, 0.6) is 0 Å². The van der Waals surface area contributed by atoms with Crippen LogP contribution in [0.4, 0.5) is 0 Å². The molecule has 1 atom stereocenters. The number of hydrogen-bond acceptors (Lipinski definition) is 0. The maximum atomic E-state index is 3.77. The summed E-state index contributed by atoms with van der Waals surface area (Å²) >= 11 is 0. The smallest absolute Gasteiger partial charge is 0.0262 e. The molecule has 0 bridgehead atoms. The Hall–Kier alpha value is -0.520.